The number of hydrogen-bond donors (Lipinski definition) is 2. The van der Waals surface area contributed by atoms with Crippen molar-refractivity contribution in [1.82, 2.24) is 4.98 Å². The summed E-state index contributed by atoms with van der Waals surface area (Å²) in [5.74, 6) is -1.51. The summed E-state index contributed by atoms with van der Waals surface area (Å²) in [6.45, 7) is 0.370. The third kappa shape index (κ3) is 5.42. The minimum Gasteiger partial charge on any atom is -0.436 e. The van der Waals surface area contributed by atoms with Crippen LogP contribution in [-0.2, 0) is 11.0 Å². The Hall–Kier alpha value is -2.68. The zero-order valence-electron chi connectivity index (χ0n) is 12.9. The number of nitrogens with one attached hydrogen (secondary N) is 1. The Labute approximate surface area is 140 Å². The van der Waals surface area contributed by atoms with Gasteiger partial charge in [0.05, 0.1) is 5.56 Å². The molecule has 2 aromatic rings. The van der Waals surface area contributed by atoms with Crippen molar-refractivity contribution >= 4 is 11.6 Å². The van der Waals surface area contributed by atoms with E-state index in [2.05, 4.69) is 10.3 Å². The average Bonchev–Trinajstić information content (AvgIpc) is 2.55. The molecule has 0 aliphatic carbocycles. The predicted molar refractivity (Wildman–Crippen MR) is 82.6 cm³/mol. The number of hydrogen-bond acceptors (Lipinski definition) is 4. The average molecular weight is 357 g/mol. The molecule has 0 fully saturated rings. The molecular weight excluding hydrogens is 342 g/mol. The van der Waals surface area contributed by atoms with Crippen molar-refractivity contribution in [1.29, 1.82) is 0 Å². The quantitative estimate of drug-likeness (QED) is 0.773. The topological polar surface area (TPSA) is 77.2 Å². The molecule has 0 aliphatic heterocycles. The number of carbonyl (C=O) groups excluding carboxylic acids is 1. The zero-order valence-corrected chi connectivity index (χ0v) is 12.9. The fourth-order valence-electron chi connectivity index (χ4n) is 1.87. The molecule has 3 N–H and O–H groups in total. The summed E-state index contributed by atoms with van der Waals surface area (Å²) in [5, 5.41) is 2.50. The van der Waals surface area contributed by atoms with Crippen molar-refractivity contribution in [2.24, 2.45) is 5.73 Å². The van der Waals surface area contributed by atoms with E-state index in [1.165, 1.54) is 12.1 Å². The largest absolute Gasteiger partial charge is 0.436 e. The van der Waals surface area contributed by atoms with Crippen LogP contribution in [0.3, 0.4) is 0 Å². The number of aromatic nitrogens is 1. The van der Waals surface area contributed by atoms with Gasteiger partial charge < -0.3 is 15.8 Å². The Morgan fingerprint density at radius 1 is 1.24 bits per heavy atom. The maximum atomic E-state index is 14.0. The normalized spacial score (nSPS) is 11.2. The summed E-state index contributed by atoms with van der Waals surface area (Å²) < 4.78 is 56.5. The minimum absolute atomic E-state index is 0.188. The number of ether oxygens (including phenoxy) is 1. The fourth-order valence-corrected chi connectivity index (χ4v) is 1.87. The maximum absolute atomic E-state index is 14.0. The molecule has 0 saturated heterocycles. The lowest BCUT2D eigenvalue weighted by Gasteiger charge is -2.10. The van der Waals surface area contributed by atoms with Crippen LogP contribution in [0, 0.1) is 5.82 Å². The number of amides is 1. The number of alkyl halides is 3. The Balaban J connectivity index is 2.04. The maximum Gasteiger partial charge on any atom is 0.417 e. The molecule has 0 radical (unpaired) electrons. The molecule has 0 spiro atoms. The molecule has 1 heterocycles. The number of nitrogens with two attached hydrogens (primary N) is 1. The van der Waals surface area contributed by atoms with Gasteiger partial charge in [-0.3, -0.25) is 4.79 Å². The van der Waals surface area contributed by atoms with E-state index >= 15 is 0 Å². The molecule has 1 aromatic carbocycles. The second kappa shape index (κ2) is 7.93. The lowest BCUT2D eigenvalue weighted by atomic mass is 10.2. The summed E-state index contributed by atoms with van der Waals surface area (Å²) in [7, 11) is 0. The van der Waals surface area contributed by atoms with Crippen LogP contribution < -0.4 is 15.8 Å². The SMILES string of the molecule is NCCCC(=O)Nc1ccc(Oc2ccc(C(F)(F)F)cn2)c(F)c1. The van der Waals surface area contributed by atoms with Crippen LogP contribution >= 0.6 is 0 Å². The van der Waals surface area contributed by atoms with Gasteiger partial charge in [-0.2, -0.15) is 13.2 Å². The van der Waals surface area contributed by atoms with E-state index in [9.17, 15) is 22.4 Å². The highest BCUT2D eigenvalue weighted by molar-refractivity contribution is 5.90. The monoisotopic (exact) mass is 357 g/mol. The van der Waals surface area contributed by atoms with Crippen molar-refractivity contribution in [3.63, 3.8) is 0 Å². The molecule has 9 heteroatoms. The first kappa shape index (κ1) is 18.7. The Bertz CT molecular complexity index is 733. The zero-order chi connectivity index (χ0) is 18.4. The lowest BCUT2D eigenvalue weighted by molar-refractivity contribution is -0.137. The van der Waals surface area contributed by atoms with Crippen molar-refractivity contribution < 1.29 is 27.1 Å². The molecule has 2 rings (SSSR count). The molecule has 1 amide bonds. The second-order valence-corrected chi connectivity index (χ2v) is 5.07. The molecule has 25 heavy (non-hydrogen) atoms. The van der Waals surface area contributed by atoms with Gasteiger partial charge in [0.15, 0.2) is 11.6 Å². The van der Waals surface area contributed by atoms with Gasteiger partial charge in [-0.05, 0) is 31.2 Å². The van der Waals surface area contributed by atoms with E-state index < -0.39 is 17.6 Å². The van der Waals surface area contributed by atoms with E-state index in [1.807, 2.05) is 0 Å². The van der Waals surface area contributed by atoms with E-state index in [0.29, 0.717) is 19.2 Å². The highest BCUT2D eigenvalue weighted by Crippen LogP contribution is 2.31. The van der Waals surface area contributed by atoms with Gasteiger partial charge in [0.1, 0.15) is 0 Å². The van der Waals surface area contributed by atoms with Crippen molar-refractivity contribution in [2.45, 2.75) is 19.0 Å². The van der Waals surface area contributed by atoms with Gasteiger partial charge >= 0.3 is 6.18 Å². The first-order valence-electron chi connectivity index (χ1n) is 7.30. The number of rotatable bonds is 6. The van der Waals surface area contributed by atoms with Crippen LogP contribution in [0.25, 0.3) is 0 Å². The number of anilines is 1. The Kier molecular flexibility index (Phi) is 5.92. The lowest BCUT2D eigenvalue weighted by Crippen LogP contribution is -2.13. The van der Waals surface area contributed by atoms with Gasteiger partial charge in [-0.15, -0.1) is 0 Å². The van der Waals surface area contributed by atoms with Crippen molar-refractivity contribution in [3.05, 3.63) is 47.9 Å². The third-order valence-corrected chi connectivity index (χ3v) is 3.10. The fraction of sp³-hybridized carbons (Fsp3) is 0.250. The van der Waals surface area contributed by atoms with Gasteiger partial charge in [0.2, 0.25) is 11.8 Å². The number of nitrogens with zero attached hydrogens (tertiary/aromatic N) is 1. The van der Waals surface area contributed by atoms with Crippen LogP contribution in [0.15, 0.2) is 36.5 Å². The van der Waals surface area contributed by atoms with Crippen molar-refractivity contribution in [2.75, 3.05) is 11.9 Å². The predicted octanol–water partition coefficient (Wildman–Crippen LogP) is 3.71. The molecular formula is C16H15F4N3O2. The summed E-state index contributed by atoms with van der Waals surface area (Å²) in [5.41, 5.74) is 4.59. The van der Waals surface area contributed by atoms with Gasteiger partial charge in [0, 0.05) is 30.4 Å². The highest BCUT2D eigenvalue weighted by Gasteiger charge is 2.30. The molecule has 0 saturated carbocycles. The summed E-state index contributed by atoms with van der Waals surface area (Å²) in [6.07, 6.45) is -3.19. The minimum atomic E-state index is -4.51. The summed E-state index contributed by atoms with van der Waals surface area (Å²) >= 11 is 0. The standard InChI is InChI=1S/C16H15F4N3O2/c17-12-8-11(23-14(24)2-1-7-21)4-5-13(12)25-15-6-3-10(9-22-15)16(18,19)20/h3-6,8-9H,1-2,7,21H2,(H,23,24). The van der Waals surface area contributed by atoms with Crippen LogP contribution in [0.2, 0.25) is 0 Å². The molecule has 0 aliphatic rings. The molecule has 0 bridgehead atoms. The summed E-state index contributed by atoms with van der Waals surface area (Å²) in [4.78, 5) is 15.0. The number of pyridine rings is 1. The molecule has 0 atom stereocenters. The molecule has 5 nitrogen and oxygen atoms in total. The van der Waals surface area contributed by atoms with E-state index in [0.717, 1.165) is 18.2 Å². The van der Waals surface area contributed by atoms with Crippen LogP contribution in [-0.4, -0.2) is 17.4 Å². The van der Waals surface area contributed by atoms with Crippen LogP contribution in [0.5, 0.6) is 11.6 Å². The number of halogens is 4. The molecule has 0 unspecified atom stereocenters. The first-order valence-corrected chi connectivity index (χ1v) is 7.30. The second-order valence-electron chi connectivity index (χ2n) is 5.07. The van der Waals surface area contributed by atoms with E-state index in [4.69, 9.17) is 10.5 Å². The van der Waals surface area contributed by atoms with E-state index in [1.54, 1.807) is 0 Å². The number of carbonyl (C=O) groups is 1. The van der Waals surface area contributed by atoms with Gasteiger partial charge in [0.25, 0.3) is 0 Å². The smallest absolute Gasteiger partial charge is 0.417 e. The van der Waals surface area contributed by atoms with Gasteiger partial charge in [-0.25, -0.2) is 9.37 Å². The number of benzene rings is 1. The van der Waals surface area contributed by atoms with Crippen molar-refractivity contribution in [3.8, 4) is 11.6 Å². The van der Waals surface area contributed by atoms with Crippen LogP contribution in [0.4, 0.5) is 23.2 Å². The van der Waals surface area contributed by atoms with E-state index in [-0.39, 0.29) is 29.6 Å². The third-order valence-electron chi connectivity index (χ3n) is 3.10. The Morgan fingerprint density at radius 2 is 2.00 bits per heavy atom. The van der Waals surface area contributed by atoms with Crippen LogP contribution in [0.1, 0.15) is 18.4 Å². The van der Waals surface area contributed by atoms with Gasteiger partial charge in [-0.1, -0.05) is 0 Å². The highest BCUT2D eigenvalue weighted by atomic mass is 19.4. The Morgan fingerprint density at radius 3 is 2.56 bits per heavy atom. The first-order chi connectivity index (χ1) is 11.8. The summed E-state index contributed by atoms with van der Waals surface area (Å²) in [6, 6.07) is 5.47. The molecule has 1 aromatic heterocycles. The molecule has 134 valence electrons.